The van der Waals surface area contributed by atoms with Crippen LogP contribution in [-0.2, 0) is 0 Å². The molecule has 0 bridgehead atoms. The van der Waals surface area contributed by atoms with Crippen LogP contribution >= 0.6 is 0 Å². The van der Waals surface area contributed by atoms with Crippen LogP contribution in [0.1, 0.15) is 6.42 Å². The third-order valence-corrected chi connectivity index (χ3v) is 4.67. The highest BCUT2D eigenvalue weighted by molar-refractivity contribution is 6.08. The maximum absolute atomic E-state index is 2.35. The smallest absolute Gasteiger partial charge is 0.00822 e. The molecule has 3 aromatic carbocycles. The quantitative estimate of drug-likeness (QED) is 0.543. The molecule has 0 unspecified atom stereocenters. The zero-order chi connectivity index (χ0) is 13.8. The average Bonchev–Trinajstić information content (AvgIpc) is 2.93. The van der Waals surface area contributed by atoms with Crippen LogP contribution in [0, 0.1) is 0 Å². The normalized spacial score (nSPS) is 15.8. The van der Waals surface area contributed by atoms with E-state index in [0.717, 1.165) is 6.42 Å². The Morgan fingerprint density at radius 1 is 0.762 bits per heavy atom. The highest BCUT2D eigenvalue weighted by Gasteiger charge is 2.13. The summed E-state index contributed by atoms with van der Waals surface area (Å²) in [5, 5.41) is 8.19. The summed E-state index contributed by atoms with van der Waals surface area (Å²) in [5.74, 6) is 0. The minimum Gasteiger partial charge on any atom is -0.0801 e. The van der Waals surface area contributed by atoms with Gasteiger partial charge in [0.05, 0.1) is 0 Å². The molecule has 0 heteroatoms. The Bertz CT molecular complexity index is 1090. The van der Waals surface area contributed by atoms with Crippen molar-refractivity contribution in [2.75, 3.05) is 0 Å². The van der Waals surface area contributed by atoms with Gasteiger partial charge in [0.1, 0.15) is 0 Å². The summed E-state index contributed by atoms with van der Waals surface area (Å²) in [5.41, 5.74) is 2.86. The molecule has 0 atom stereocenters. The Balaban J connectivity index is 2.02. The van der Waals surface area contributed by atoms with Crippen molar-refractivity contribution in [2.45, 2.75) is 6.42 Å². The third kappa shape index (κ3) is 1.45. The SMILES string of the molecule is C1=CCC2=c3ccc4c(ccc5ccccc54)c3=CC2=C1. The molecule has 0 N–H and O–H groups in total. The zero-order valence-corrected chi connectivity index (χ0v) is 11.6. The second-order valence-corrected chi connectivity index (χ2v) is 5.79. The van der Waals surface area contributed by atoms with E-state index in [9.17, 15) is 0 Å². The maximum atomic E-state index is 2.35. The molecule has 0 heterocycles. The van der Waals surface area contributed by atoms with Crippen LogP contribution in [0.2, 0.25) is 0 Å². The lowest BCUT2D eigenvalue weighted by molar-refractivity contribution is 1.36. The number of hydrogen-bond donors (Lipinski definition) is 0. The topological polar surface area (TPSA) is 0 Å². The van der Waals surface area contributed by atoms with E-state index < -0.39 is 0 Å². The molecule has 98 valence electrons. The zero-order valence-electron chi connectivity index (χ0n) is 11.6. The van der Waals surface area contributed by atoms with Gasteiger partial charge >= 0.3 is 0 Å². The summed E-state index contributed by atoms with van der Waals surface area (Å²) in [6.07, 6.45) is 10.0. The number of hydrogen-bond acceptors (Lipinski definition) is 0. The van der Waals surface area contributed by atoms with Crippen molar-refractivity contribution < 1.29 is 0 Å². The lowest BCUT2D eigenvalue weighted by Gasteiger charge is -2.06. The number of allylic oxidation sites excluding steroid dienone is 4. The van der Waals surface area contributed by atoms with Gasteiger partial charge in [0.15, 0.2) is 0 Å². The van der Waals surface area contributed by atoms with Crippen LogP contribution in [0.5, 0.6) is 0 Å². The fraction of sp³-hybridized carbons (Fsp3) is 0.0476. The van der Waals surface area contributed by atoms with Crippen LogP contribution in [0.15, 0.2) is 72.3 Å². The van der Waals surface area contributed by atoms with E-state index in [1.54, 1.807) is 0 Å². The first kappa shape index (κ1) is 11.1. The summed E-state index contributed by atoms with van der Waals surface area (Å²) in [4.78, 5) is 0. The van der Waals surface area contributed by atoms with E-state index in [-0.39, 0.29) is 0 Å². The highest BCUT2D eigenvalue weighted by atomic mass is 14.2. The summed E-state index contributed by atoms with van der Waals surface area (Å²) in [6, 6.07) is 17.7. The Labute approximate surface area is 123 Å². The molecule has 0 aromatic heterocycles. The number of rotatable bonds is 0. The van der Waals surface area contributed by atoms with Crippen molar-refractivity contribution >= 4 is 33.2 Å². The summed E-state index contributed by atoms with van der Waals surface area (Å²) in [6.45, 7) is 0. The van der Waals surface area contributed by atoms with Gasteiger partial charge in [0.2, 0.25) is 0 Å². The monoisotopic (exact) mass is 266 g/mol. The molecule has 0 spiro atoms. The minimum absolute atomic E-state index is 1.05. The predicted molar refractivity (Wildman–Crippen MR) is 90.4 cm³/mol. The lowest BCUT2D eigenvalue weighted by atomic mass is 9.98. The minimum atomic E-state index is 1.05. The standard InChI is InChI=1S/C21H14/c1-3-7-16-14(5-1)9-10-20-18(16)11-12-19-17-8-4-2-6-15(17)13-21(19)20/h1-7,9-13H,8H2. The van der Waals surface area contributed by atoms with Crippen molar-refractivity contribution in [3.8, 4) is 0 Å². The van der Waals surface area contributed by atoms with E-state index in [1.807, 2.05) is 0 Å². The van der Waals surface area contributed by atoms with Crippen molar-refractivity contribution in [3.63, 3.8) is 0 Å². The van der Waals surface area contributed by atoms with Gasteiger partial charge in [0.25, 0.3) is 0 Å². The van der Waals surface area contributed by atoms with Gasteiger partial charge in [-0.05, 0) is 55.6 Å². The van der Waals surface area contributed by atoms with Crippen LogP contribution < -0.4 is 10.4 Å². The number of fused-ring (bicyclic) bond motifs is 6. The second kappa shape index (κ2) is 3.95. The molecule has 5 rings (SSSR count). The van der Waals surface area contributed by atoms with Crippen LogP contribution in [0.25, 0.3) is 33.2 Å². The number of benzene rings is 3. The van der Waals surface area contributed by atoms with Crippen molar-refractivity contribution in [3.05, 3.63) is 82.8 Å². The molecule has 0 saturated heterocycles. The van der Waals surface area contributed by atoms with Crippen LogP contribution in [0.4, 0.5) is 0 Å². The third-order valence-electron chi connectivity index (χ3n) is 4.67. The fourth-order valence-corrected chi connectivity index (χ4v) is 3.66. The molecule has 0 nitrogen and oxygen atoms in total. The predicted octanol–water partition coefficient (Wildman–Crippen LogP) is 3.82. The molecular formula is C21H14. The van der Waals surface area contributed by atoms with Gasteiger partial charge in [0, 0.05) is 0 Å². The first-order chi connectivity index (χ1) is 10.4. The van der Waals surface area contributed by atoms with Gasteiger partial charge < -0.3 is 0 Å². The van der Waals surface area contributed by atoms with Gasteiger partial charge in [-0.25, -0.2) is 0 Å². The van der Waals surface area contributed by atoms with E-state index in [4.69, 9.17) is 0 Å². The van der Waals surface area contributed by atoms with Crippen LogP contribution in [0.3, 0.4) is 0 Å². The summed E-state index contributed by atoms with van der Waals surface area (Å²) < 4.78 is 0. The van der Waals surface area contributed by atoms with Crippen molar-refractivity contribution in [1.29, 1.82) is 0 Å². The van der Waals surface area contributed by atoms with E-state index >= 15 is 0 Å². The first-order valence-electron chi connectivity index (χ1n) is 7.44. The van der Waals surface area contributed by atoms with E-state index in [0.29, 0.717) is 0 Å². The first-order valence-corrected chi connectivity index (χ1v) is 7.44. The van der Waals surface area contributed by atoms with Crippen molar-refractivity contribution in [2.24, 2.45) is 0 Å². The largest absolute Gasteiger partial charge is 0.0801 e. The molecule has 3 aromatic rings. The summed E-state index contributed by atoms with van der Waals surface area (Å²) in [7, 11) is 0. The van der Waals surface area contributed by atoms with E-state index in [2.05, 4.69) is 72.8 Å². The van der Waals surface area contributed by atoms with Gasteiger partial charge in [-0.3, -0.25) is 0 Å². The Hall–Kier alpha value is -2.60. The average molecular weight is 266 g/mol. The molecule has 2 aliphatic rings. The summed E-state index contributed by atoms with van der Waals surface area (Å²) >= 11 is 0. The fourth-order valence-electron chi connectivity index (χ4n) is 3.66. The molecule has 21 heavy (non-hydrogen) atoms. The van der Waals surface area contributed by atoms with Gasteiger partial charge in [-0.2, -0.15) is 0 Å². The van der Waals surface area contributed by atoms with Crippen LogP contribution in [-0.4, -0.2) is 0 Å². The molecule has 0 saturated carbocycles. The molecule has 0 radical (unpaired) electrons. The second-order valence-electron chi connectivity index (χ2n) is 5.79. The molecule has 2 aliphatic carbocycles. The molecule has 0 fully saturated rings. The molecule has 0 aliphatic heterocycles. The van der Waals surface area contributed by atoms with Crippen molar-refractivity contribution in [1.82, 2.24) is 0 Å². The Morgan fingerprint density at radius 3 is 2.67 bits per heavy atom. The van der Waals surface area contributed by atoms with Gasteiger partial charge in [-0.15, -0.1) is 0 Å². The molecule has 0 amide bonds. The maximum Gasteiger partial charge on any atom is -0.00822 e. The Kier molecular flexibility index (Phi) is 2.09. The van der Waals surface area contributed by atoms with E-state index in [1.165, 1.54) is 43.1 Å². The molecular weight excluding hydrogens is 252 g/mol. The Morgan fingerprint density at radius 2 is 1.67 bits per heavy atom. The highest BCUT2D eigenvalue weighted by Crippen LogP contribution is 2.26. The lowest BCUT2D eigenvalue weighted by Crippen LogP contribution is -2.23. The van der Waals surface area contributed by atoms with Gasteiger partial charge in [-0.1, -0.05) is 66.8 Å².